The predicted molar refractivity (Wildman–Crippen MR) is 68.2 cm³/mol. The summed E-state index contributed by atoms with van der Waals surface area (Å²) in [5.74, 6) is -2.43. The second kappa shape index (κ2) is 6.01. The van der Waals surface area contributed by atoms with E-state index in [1.165, 1.54) is 0 Å². The van der Waals surface area contributed by atoms with E-state index in [1.54, 1.807) is 0 Å². The minimum atomic E-state index is -1.27. The van der Waals surface area contributed by atoms with Crippen LogP contribution in [0.1, 0.15) is 33.1 Å². The average Bonchev–Trinajstić information content (AvgIpc) is 2.26. The first-order valence-corrected chi connectivity index (χ1v) is 6.29. The molecule has 1 aliphatic rings. The number of nitrogens with two attached hydrogens (primary N) is 1. The largest absolute Gasteiger partial charge is 0.480 e. The molecule has 19 heavy (non-hydrogen) atoms. The normalized spacial score (nSPS) is 23.4. The molecule has 0 spiro atoms. The molecule has 1 fully saturated rings. The summed E-state index contributed by atoms with van der Waals surface area (Å²) in [6, 6.07) is -1.74. The van der Waals surface area contributed by atoms with Crippen molar-refractivity contribution in [3.05, 3.63) is 0 Å². The van der Waals surface area contributed by atoms with Gasteiger partial charge >= 0.3 is 5.97 Å². The van der Waals surface area contributed by atoms with Crippen molar-refractivity contribution in [3.63, 3.8) is 0 Å². The van der Waals surface area contributed by atoms with Gasteiger partial charge in [0.25, 0.3) is 0 Å². The number of piperidine rings is 1. The van der Waals surface area contributed by atoms with Gasteiger partial charge in [-0.2, -0.15) is 0 Å². The number of carboxylic acids is 1. The second-order valence-electron chi connectivity index (χ2n) is 5.55. The number of carboxylic acid groups (broad SMARTS) is 1. The molecule has 2 amide bonds. The van der Waals surface area contributed by atoms with Crippen molar-refractivity contribution in [2.24, 2.45) is 11.1 Å². The fraction of sp³-hybridized carbons (Fsp3) is 0.750. The number of hydrogen-bond donors (Lipinski definition) is 4. The van der Waals surface area contributed by atoms with Gasteiger partial charge in [-0.3, -0.25) is 9.59 Å². The Hall–Kier alpha value is -1.63. The number of amides is 2. The molecule has 0 aromatic heterocycles. The first kappa shape index (κ1) is 15.4. The number of hydrogen-bond acceptors (Lipinski definition) is 4. The number of nitrogens with one attached hydrogen (secondary N) is 2. The maximum absolute atomic E-state index is 12.1. The average molecular weight is 271 g/mol. The molecule has 0 bridgehead atoms. The number of aliphatic carboxylic acids is 1. The molecule has 0 saturated carbocycles. The Labute approximate surface area is 111 Å². The van der Waals surface area contributed by atoms with E-state index >= 15 is 0 Å². The van der Waals surface area contributed by atoms with Crippen molar-refractivity contribution >= 4 is 17.8 Å². The molecule has 2 unspecified atom stereocenters. The third-order valence-corrected chi connectivity index (χ3v) is 3.41. The zero-order chi connectivity index (χ0) is 14.6. The lowest BCUT2D eigenvalue weighted by atomic mass is 9.77. The van der Waals surface area contributed by atoms with Crippen LogP contribution in [0.4, 0.5) is 0 Å². The Bertz CT molecular complexity index is 381. The molecule has 0 aromatic rings. The third kappa shape index (κ3) is 4.20. The number of carbonyl (C=O) groups excluding carboxylic acids is 2. The first-order valence-electron chi connectivity index (χ1n) is 6.29. The SMILES string of the molecule is CC1(C)CCCNC1C(=O)NC(CC(N)=O)C(=O)O. The van der Waals surface area contributed by atoms with E-state index < -0.39 is 36.3 Å². The smallest absolute Gasteiger partial charge is 0.326 e. The molecule has 0 aliphatic carbocycles. The molecule has 5 N–H and O–H groups in total. The Balaban J connectivity index is 2.70. The van der Waals surface area contributed by atoms with Crippen molar-refractivity contribution in [2.75, 3.05) is 6.54 Å². The highest BCUT2D eigenvalue weighted by Crippen LogP contribution is 2.30. The standard InChI is InChI=1S/C12H21N3O4/c1-12(2)4-3-5-14-9(12)10(17)15-7(11(18)19)6-8(13)16/h7,9,14H,3-6H2,1-2H3,(H2,13,16)(H,15,17)(H,18,19). The molecule has 2 atom stereocenters. The van der Waals surface area contributed by atoms with Gasteiger partial charge in [0.05, 0.1) is 12.5 Å². The Morgan fingerprint density at radius 3 is 2.58 bits per heavy atom. The van der Waals surface area contributed by atoms with Crippen LogP contribution in [0.15, 0.2) is 0 Å². The molecule has 0 aromatic carbocycles. The monoisotopic (exact) mass is 271 g/mol. The van der Waals surface area contributed by atoms with Gasteiger partial charge < -0.3 is 21.5 Å². The van der Waals surface area contributed by atoms with E-state index in [0.717, 1.165) is 19.4 Å². The maximum Gasteiger partial charge on any atom is 0.326 e. The number of rotatable bonds is 5. The molecule has 1 rings (SSSR count). The summed E-state index contributed by atoms with van der Waals surface area (Å²) < 4.78 is 0. The number of primary amides is 1. The molecule has 1 saturated heterocycles. The summed E-state index contributed by atoms with van der Waals surface area (Å²) in [6.45, 7) is 4.62. The highest BCUT2D eigenvalue weighted by atomic mass is 16.4. The molecule has 1 heterocycles. The van der Waals surface area contributed by atoms with Crippen LogP contribution < -0.4 is 16.4 Å². The summed E-state index contributed by atoms with van der Waals surface area (Å²) >= 11 is 0. The van der Waals surface area contributed by atoms with Crippen LogP contribution >= 0.6 is 0 Å². The van der Waals surface area contributed by atoms with Crippen LogP contribution in [0.2, 0.25) is 0 Å². The fourth-order valence-corrected chi connectivity index (χ4v) is 2.31. The van der Waals surface area contributed by atoms with Gasteiger partial charge in [0, 0.05) is 0 Å². The van der Waals surface area contributed by atoms with E-state index in [0.29, 0.717) is 0 Å². The van der Waals surface area contributed by atoms with Crippen molar-refractivity contribution < 1.29 is 19.5 Å². The first-order chi connectivity index (χ1) is 8.74. The number of carbonyl (C=O) groups is 3. The molecule has 7 heteroatoms. The van der Waals surface area contributed by atoms with E-state index in [9.17, 15) is 14.4 Å². The topological polar surface area (TPSA) is 122 Å². The molecular formula is C12H21N3O4. The zero-order valence-corrected chi connectivity index (χ0v) is 11.2. The van der Waals surface area contributed by atoms with E-state index in [1.807, 2.05) is 13.8 Å². The quantitative estimate of drug-likeness (QED) is 0.522. The summed E-state index contributed by atoms with van der Waals surface area (Å²) in [5.41, 5.74) is 4.72. The molecule has 1 aliphatic heterocycles. The predicted octanol–water partition coefficient (Wildman–Crippen LogP) is -0.791. The Kier molecular flexibility index (Phi) is 4.88. The molecule has 7 nitrogen and oxygen atoms in total. The lowest BCUT2D eigenvalue weighted by molar-refractivity contribution is -0.144. The second-order valence-corrected chi connectivity index (χ2v) is 5.55. The van der Waals surface area contributed by atoms with Gasteiger partial charge in [-0.1, -0.05) is 13.8 Å². The van der Waals surface area contributed by atoms with Crippen molar-refractivity contribution in [1.29, 1.82) is 0 Å². The molecule has 0 radical (unpaired) electrons. The molecular weight excluding hydrogens is 250 g/mol. The highest BCUT2D eigenvalue weighted by Gasteiger charge is 2.38. The van der Waals surface area contributed by atoms with Crippen LogP contribution in [0.3, 0.4) is 0 Å². The van der Waals surface area contributed by atoms with Crippen molar-refractivity contribution in [1.82, 2.24) is 10.6 Å². The lowest BCUT2D eigenvalue weighted by Gasteiger charge is -2.38. The Morgan fingerprint density at radius 1 is 1.47 bits per heavy atom. The zero-order valence-electron chi connectivity index (χ0n) is 11.2. The van der Waals surface area contributed by atoms with Crippen LogP contribution in [0, 0.1) is 5.41 Å². The third-order valence-electron chi connectivity index (χ3n) is 3.41. The van der Waals surface area contributed by atoms with Gasteiger partial charge in [-0.15, -0.1) is 0 Å². The summed E-state index contributed by atoms with van der Waals surface area (Å²) in [5, 5.41) is 14.4. The minimum absolute atomic E-state index is 0.252. The fourth-order valence-electron chi connectivity index (χ4n) is 2.31. The van der Waals surface area contributed by atoms with Crippen molar-refractivity contribution in [3.8, 4) is 0 Å². The minimum Gasteiger partial charge on any atom is -0.480 e. The van der Waals surface area contributed by atoms with E-state index in [-0.39, 0.29) is 5.41 Å². The highest BCUT2D eigenvalue weighted by molar-refractivity contribution is 5.90. The summed E-state index contributed by atoms with van der Waals surface area (Å²) in [4.78, 5) is 33.9. The summed E-state index contributed by atoms with van der Waals surface area (Å²) in [6.07, 6.45) is 1.44. The summed E-state index contributed by atoms with van der Waals surface area (Å²) in [7, 11) is 0. The van der Waals surface area contributed by atoms with Crippen LogP contribution in [0.5, 0.6) is 0 Å². The van der Waals surface area contributed by atoms with Gasteiger partial charge in [0.15, 0.2) is 0 Å². The van der Waals surface area contributed by atoms with Gasteiger partial charge in [0.2, 0.25) is 11.8 Å². The molecule has 108 valence electrons. The van der Waals surface area contributed by atoms with Crippen molar-refractivity contribution in [2.45, 2.75) is 45.2 Å². The van der Waals surface area contributed by atoms with Crippen LogP contribution in [0.25, 0.3) is 0 Å². The lowest BCUT2D eigenvalue weighted by Crippen LogP contribution is -2.58. The Morgan fingerprint density at radius 2 is 2.11 bits per heavy atom. The van der Waals surface area contributed by atoms with Crippen LogP contribution in [-0.4, -0.2) is 41.5 Å². The van der Waals surface area contributed by atoms with Gasteiger partial charge in [-0.05, 0) is 24.8 Å². The maximum atomic E-state index is 12.1. The van der Waals surface area contributed by atoms with Gasteiger partial charge in [0.1, 0.15) is 6.04 Å². The van der Waals surface area contributed by atoms with E-state index in [4.69, 9.17) is 10.8 Å². The van der Waals surface area contributed by atoms with E-state index in [2.05, 4.69) is 10.6 Å². The van der Waals surface area contributed by atoms with Gasteiger partial charge in [-0.25, -0.2) is 4.79 Å². The van der Waals surface area contributed by atoms with Crippen LogP contribution in [-0.2, 0) is 14.4 Å².